The topological polar surface area (TPSA) is 43.0 Å². The highest BCUT2D eigenvalue weighted by Gasteiger charge is 2.11. The van der Waals surface area contributed by atoms with Crippen LogP contribution >= 0.6 is 0 Å². The molecule has 1 aliphatic heterocycles. The van der Waals surface area contributed by atoms with E-state index in [9.17, 15) is 0 Å². The zero-order valence-electron chi connectivity index (χ0n) is 13.1. The second kappa shape index (κ2) is 8.87. The Labute approximate surface area is 127 Å². The molecule has 1 aromatic carbocycles. The van der Waals surface area contributed by atoms with Crippen LogP contribution in [0, 0.1) is 0 Å². The van der Waals surface area contributed by atoms with E-state index in [-0.39, 0.29) is 0 Å². The van der Waals surface area contributed by atoms with E-state index in [0.717, 1.165) is 57.4 Å². The van der Waals surface area contributed by atoms with Crippen molar-refractivity contribution in [1.29, 1.82) is 0 Å². The quantitative estimate of drug-likeness (QED) is 0.787. The average Bonchev–Trinajstić information content (AvgIpc) is 2.54. The molecule has 0 amide bonds. The molecule has 0 atom stereocenters. The molecule has 21 heavy (non-hydrogen) atoms. The van der Waals surface area contributed by atoms with E-state index < -0.39 is 0 Å². The standard InChI is InChI=1S/C16H26N2O3/c1-3-17-13-14-4-5-15(19-2)16(12-14)21-11-8-18-6-9-20-10-7-18/h4-5,12,17H,3,6-11,13H2,1-2H3. The minimum Gasteiger partial charge on any atom is -0.493 e. The number of nitrogens with zero attached hydrogens (tertiary/aromatic N) is 1. The molecular formula is C16H26N2O3. The molecule has 1 aromatic rings. The Kier molecular flexibility index (Phi) is 6.79. The molecule has 0 aromatic heterocycles. The van der Waals surface area contributed by atoms with Crippen molar-refractivity contribution in [2.45, 2.75) is 13.5 Å². The van der Waals surface area contributed by atoms with Crippen molar-refractivity contribution in [3.8, 4) is 11.5 Å². The number of ether oxygens (including phenoxy) is 3. The van der Waals surface area contributed by atoms with E-state index in [0.29, 0.717) is 6.61 Å². The first-order chi connectivity index (χ1) is 10.3. The predicted molar refractivity (Wildman–Crippen MR) is 83.1 cm³/mol. The molecule has 2 rings (SSSR count). The van der Waals surface area contributed by atoms with Gasteiger partial charge in [0, 0.05) is 26.2 Å². The van der Waals surface area contributed by atoms with Gasteiger partial charge in [-0.25, -0.2) is 0 Å². The monoisotopic (exact) mass is 294 g/mol. The third-order valence-corrected chi connectivity index (χ3v) is 3.58. The van der Waals surface area contributed by atoms with Crippen LogP contribution in [0.15, 0.2) is 18.2 Å². The van der Waals surface area contributed by atoms with E-state index >= 15 is 0 Å². The second-order valence-corrected chi connectivity index (χ2v) is 5.07. The minimum absolute atomic E-state index is 0.668. The number of rotatable bonds is 8. The molecule has 0 bridgehead atoms. The van der Waals surface area contributed by atoms with Gasteiger partial charge in [-0.15, -0.1) is 0 Å². The van der Waals surface area contributed by atoms with Crippen molar-refractivity contribution in [2.75, 3.05) is 53.1 Å². The van der Waals surface area contributed by atoms with Crippen molar-refractivity contribution < 1.29 is 14.2 Å². The fraction of sp³-hybridized carbons (Fsp3) is 0.625. The minimum atomic E-state index is 0.668. The van der Waals surface area contributed by atoms with E-state index in [1.807, 2.05) is 6.07 Å². The van der Waals surface area contributed by atoms with E-state index in [2.05, 4.69) is 29.3 Å². The van der Waals surface area contributed by atoms with Gasteiger partial charge in [-0.2, -0.15) is 0 Å². The van der Waals surface area contributed by atoms with Gasteiger partial charge in [-0.3, -0.25) is 4.90 Å². The molecular weight excluding hydrogens is 268 g/mol. The van der Waals surface area contributed by atoms with Gasteiger partial charge < -0.3 is 19.5 Å². The Balaban J connectivity index is 1.87. The van der Waals surface area contributed by atoms with Crippen molar-refractivity contribution >= 4 is 0 Å². The summed E-state index contributed by atoms with van der Waals surface area (Å²) in [5.41, 5.74) is 1.21. The Morgan fingerprint density at radius 1 is 1.24 bits per heavy atom. The Hall–Kier alpha value is -1.30. The van der Waals surface area contributed by atoms with Crippen LogP contribution in [0.5, 0.6) is 11.5 Å². The molecule has 1 aliphatic rings. The first-order valence-corrected chi connectivity index (χ1v) is 7.64. The average molecular weight is 294 g/mol. The van der Waals surface area contributed by atoms with Crippen LogP contribution < -0.4 is 14.8 Å². The van der Waals surface area contributed by atoms with Gasteiger partial charge in [0.15, 0.2) is 11.5 Å². The summed E-state index contributed by atoms with van der Waals surface area (Å²) in [6, 6.07) is 6.09. The second-order valence-electron chi connectivity index (χ2n) is 5.07. The van der Waals surface area contributed by atoms with Gasteiger partial charge >= 0.3 is 0 Å². The summed E-state index contributed by atoms with van der Waals surface area (Å²) >= 11 is 0. The third kappa shape index (κ3) is 5.19. The Morgan fingerprint density at radius 3 is 2.76 bits per heavy atom. The Bertz CT molecular complexity index is 420. The van der Waals surface area contributed by atoms with Crippen LogP contribution in [0.2, 0.25) is 0 Å². The van der Waals surface area contributed by atoms with E-state index in [1.165, 1.54) is 5.56 Å². The molecule has 1 saturated heterocycles. The van der Waals surface area contributed by atoms with E-state index in [4.69, 9.17) is 14.2 Å². The largest absolute Gasteiger partial charge is 0.493 e. The lowest BCUT2D eigenvalue weighted by molar-refractivity contribution is 0.0321. The molecule has 0 saturated carbocycles. The molecule has 1 heterocycles. The maximum Gasteiger partial charge on any atom is 0.161 e. The fourth-order valence-corrected chi connectivity index (χ4v) is 2.32. The molecule has 1 N–H and O–H groups in total. The summed E-state index contributed by atoms with van der Waals surface area (Å²) in [7, 11) is 1.67. The summed E-state index contributed by atoms with van der Waals surface area (Å²) in [6.07, 6.45) is 0. The van der Waals surface area contributed by atoms with Crippen LogP contribution in [0.3, 0.4) is 0 Å². The van der Waals surface area contributed by atoms with Crippen LogP contribution in [-0.4, -0.2) is 58.0 Å². The van der Waals surface area contributed by atoms with Gasteiger partial charge in [-0.05, 0) is 24.2 Å². The summed E-state index contributed by atoms with van der Waals surface area (Å²) in [4.78, 5) is 2.36. The summed E-state index contributed by atoms with van der Waals surface area (Å²) < 4.78 is 16.6. The first kappa shape index (κ1) is 16.1. The number of hydrogen-bond acceptors (Lipinski definition) is 5. The lowest BCUT2D eigenvalue weighted by Crippen LogP contribution is -2.38. The van der Waals surface area contributed by atoms with Gasteiger partial charge in [-0.1, -0.05) is 13.0 Å². The molecule has 1 fully saturated rings. The number of nitrogens with one attached hydrogen (secondary N) is 1. The predicted octanol–water partition coefficient (Wildman–Crippen LogP) is 1.52. The van der Waals surface area contributed by atoms with Crippen molar-refractivity contribution in [3.05, 3.63) is 23.8 Å². The van der Waals surface area contributed by atoms with Crippen LogP contribution in [0.4, 0.5) is 0 Å². The van der Waals surface area contributed by atoms with Crippen molar-refractivity contribution in [3.63, 3.8) is 0 Å². The van der Waals surface area contributed by atoms with Crippen LogP contribution in [-0.2, 0) is 11.3 Å². The van der Waals surface area contributed by atoms with E-state index in [1.54, 1.807) is 7.11 Å². The highest BCUT2D eigenvalue weighted by molar-refractivity contribution is 5.42. The smallest absolute Gasteiger partial charge is 0.161 e. The van der Waals surface area contributed by atoms with Gasteiger partial charge in [0.2, 0.25) is 0 Å². The van der Waals surface area contributed by atoms with Crippen LogP contribution in [0.25, 0.3) is 0 Å². The lowest BCUT2D eigenvalue weighted by Gasteiger charge is -2.26. The van der Waals surface area contributed by atoms with Gasteiger partial charge in [0.25, 0.3) is 0 Å². The SMILES string of the molecule is CCNCc1ccc(OC)c(OCCN2CCOCC2)c1. The Morgan fingerprint density at radius 2 is 2.05 bits per heavy atom. The maximum atomic E-state index is 5.92. The summed E-state index contributed by atoms with van der Waals surface area (Å²) in [6.45, 7) is 9.11. The molecule has 5 nitrogen and oxygen atoms in total. The highest BCUT2D eigenvalue weighted by Crippen LogP contribution is 2.28. The first-order valence-electron chi connectivity index (χ1n) is 7.64. The van der Waals surface area contributed by atoms with Gasteiger partial charge in [0.1, 0.15) is 6.61 Å². The maximum absolute atomic E-state index is 5.92. The number of benzene rings is 1. The summed E-state index contributed by atoms with van der Waals surface area (Å²) in [5, 5.41) is 3.32. The summed E-state index contributed by atoms with van der Waals surface area (Å²) in [5.74, 6) is 1.61. The molecule has 0 radical (unpaired) electrons. The van der Waals surface area contributed by atoms with Crippen LogP contribution in [0.1, 0.15) is 12.5 Å². The van der Waals surface area contributed by atoms with Crippen molar-refractivity contribution in [2.24, 2.45) is 0 Å². The number of morpholine rings is 1. The zero-order valence-corrected chi connectivity index (χ0v) is 13.1. The molecule has 0 aliphatic carbocycles. The van der Waals surface area contributed by atoms with Gasteiger partial charge in [0.05, 0.1) is 20.3 Å². The van der Waals surface area contributed by atoms with Crippen molar-refractivity contribution in [1.82, 2.24) is 10.2 Å². The number of methoxy groups -OCH3 is 1. The molecule has 0 spiro atoms. The number of hydrogen-bond donors (Lipinski definition) is 1. The fourth-order valence-electron chi connectivity index (χ4n) is 2.32. The third-order valence-electron chi connectivity index (χ3n) is 3.58. The lowest BCUT2D eigenvalue weighted by atomic mass is 10.2. The molecule has 5 heteroatoms. The normalized spacial score (nSPS) is 15.9. The zero-order chi connectivity index (χ0) is 14.9. The highest BCUT2D eigenvalue weighted by atomic mass is 16.5. The molecule has 0 unspecified atom stereocenters. The molecule has 118 valence electrons.